The number of Topliss-reactive ketones (excluding diaryl/α,β-unsaturated/α-hetero) is 1. The summed E-state index contributed by atoms with van der Waals surface area (Å²) in [6, 6.07) is 16.8. The molecule has 4 aromatic rings. The highest BCUT2D eigenvalue weighted by atomic mass is 35.5. The van der Waals surface area contributed by atoms with E-state index >= 15 is 0 Å². The molecule has 0 fully saturated rings. The van der Waals surface area contributed by atoms with Crippen LogP contribution in [0.25, 0.3) is 11.0 Å². The first kappa shape index (κ1) is 21.5. The van der Waals surface area contributed by atoms with Crippen molar-refractivity contribution in [2.45, 2.75) is 35.3 Å². The third-order valence-electron chi connectivity index (χ3n) is 5.59. The first-order valence-electron chi connectivity index (χ1n) is 10.2. The summed E-state index contributed by atoms with van der Waals surface area (Å²) >= 11 is 6.12. The Morgan fingerprint density at radius 1 is 1.00 bits per heavy atom. The number of ether oxygens (including phenoxy) is 1. The first-order valence-corrected chi connectivity index (χ1v) is 12.0. The van der Waals surface area contributed by atoms with Crippen molar-refractivity contribution in [2.24, 2.45) is 0 Å². The van der Waals surface area contributed by atoms with Gasteiger partial charge in [-0.05, 0) is 62.4 Å². The summed E-state index contributed by atoms with van der Waals surface area (Å²) < 4.78 is 37.6. The summed E-state index contributed by atoms with van der Waals surface area (Å²) in [6.45, 7) is 3.33. The molecule has 1 atom stereocenters. The fraction of sp³-hybridized carbons (Fsp3) is 0.167. The monoisotopic (exact) mass is 482 g/mol. The SMILES string of the molecule is CC1(C)Oc2ccc(S(=O)(=O)c3ccccc3)cc2[C@@H](Nc2noc3ccc(Cl)cc23)C1=O. The van der Waals surface area contributed by atoms with Crippen LogP contribution in [-0.2, 0) is 14.6 Å². The molecular weight excluding hydrogens is 464 g/mol. The molecule has 33 heavy (non-hydrogen) atoms. The van der Waals surface area contributed by atoms with Gasteiger partial charge < -0.3 is 14.6 Å². The van der Waals surface area contributed by atoms with Crippen molar-refractivity contribution in [3.8, 4) is 5.75 Å². The molecular formula is C24H19ClN2O5S. The Morgan fingerprint density at radius 3 is 2.52 bits per heavy atom. The van der Waals surface area contributed by atoms with Gasteiger partial charge in [-0.2, -0.15) is 0 Å². The molecule has 1 aromatic heterocycles. The molecule has 0 radical (unpaired) electrons. The average Bonchev–Trinajstić information content (AvgIpc) is 3.18. The molecule has 0 aliphatic carbocycles. The Bertz CT molecular complexity index is 1500. The average molecular weight is 483 g/mol. The summed E-state index contributed by atoms with van der Waals surface area (Å²) in [6.07, 6.45) is 0. The molecule has 1 aliphatic rings. The highest BCUT2D eigenvalue weighted by Crippen LogP contribution is 2.41. The highest BCUT2D eigenvalue weighted by Gasteiger charge is 2.43. The molecule has 0 spiro atoms. The number of nitrogens with one attached hydrogen (secondary N) is 1. The lowest BCUT2D eigenvalue weighted by atomic mass is 9.88. The summed E-state index contributed by atoms with van der Waals surface area (Å²) in [5.74, 6) is 0.461. The van der Waals surface area contributed by atoms with E-state index in [0.717, 1.165) is 0 Å². The lowest BCUT2D eigenvalue weighted by Crippen LogP contribution is -2.47. The predicted molar refractivity (Wildman–Crippen MR) is 123 cm³/mol. The molecule has 0 saturated carbocycles. The van der Waals surface area contributed by atoms with E-state index in [1.807, 2.05) is 0 Å². The van der Waals surface area contributed by atoms with Crippen molar-refractivity contribution in [1.82, 2.24) is 5.16 Å². The van der Waals surface area contributed by atoms with E-state index in [1.54, 1.807) is 56.3 Å². The molecule has 0 unspecified atom stereocenters. The Hall–Kier alpha value is -3.36. The highest BCUT2D eigenvalue weighted by molar-refractivity contribution is 7.91. The number of ketones is 1. The van der Waals surface area contributed by atoms with Crippen LogP contribution in [0, 0.1) is 0 Å². The van der Waals surface area contributed by atoms with Gasteiger partial charge in [0.2, 0.25) is 15.6 Å². The minimum Gasteiger partial charge on any atom is -0.480 e. The van der Waals surface area contributed by atoms with E-state index in [0.29, 0.717) is 33.1 Å². The smallest absolute Gasteiger partial charge is 0.206 e. The van der Waals surface area contributed by atoms with Crippen LogP contribution in [0.1, 0.15) is 25.5 Å². The Labute approximate surface area is 195 Å². The van der Waals surface area contributed by atoms with Crippen molar-refractivity contribution in [1.29, 1.82) is 0 Å². The number of rotatable bonds is 4. The van der Waals surface area contributed by atoms with Gasteiger partial charge in [0.05, 0.1) is 15.2 Å². The van der Waals surface area contributed by atoms with E-state index < -0.39 is 21.5 Å². The van der Waals surface area contributed by atoms with Crippen molar-refractivity contribution < 1.29 is 22.5 Å². The number of halogens is 1. The summed E-state index contributed by atoms with van der Waals surface area (Å²) in [5, 5.41) is 8.27. The minimum absolute atomic E-state index is 0.0587. The largest absolute Gasteiger partial charge is 0.480 e. The van der Waals surface area contributed by atoms with Crippen molar-refractivity contribution >= 4 is 44.0 Å². The van der Waals surface area contributed by atoms with Gasteiger partial charge in [-0.3, -0.25) is 4.79 Å². The number of aromatic nitrogens is 1. The molecule has 3 aromatic carbocycles. The molecule has 0 amide bonds. The van der Waals surface area contributed by atoms with Crippen molar-refractivity contribution in [3.05, 3.63) is 77.3 Å². The molecule has 1 aliphatic heterocycles. The second-order valence-electron chi connectivity index (χ2n) is 8.24. The fourth-order valence-corrected chi connectivity index (χ4v) is 5.35. The zero-order valence-corrected chi connectivity index (χ0v) is 19.3. The predicted octanol–water partition coefficient (Wildman–Crippen LogP) is 5.21. The Kier molecular flexibility index (Phi) is 4.95. The maximum Gasteiger partial charge on any atom is 0.206 e. The van der Waals surface area contributed by atoms with Crippen LogP contribution >= 0.6 is 11.6 Å². The molecule has 0 bridgehead atoms. The van der Waals surface area contributed by atoms with Gasteiger partial charge >= 0.3 is 0 Å². The number of fused-ring (bicyclic) bond motifs is 2. The van der Waals surface area contributed by atoms with E-state index in [4.69, 9.17) is 20.9 Å². The summed E-state index contributed by atoms with van der Waals surface area (Å²) in [4.78, 5) is 13.6. The van der Waals surface area contributed by atoms with E-state index in [9.17, 15) is 13.2 Å². The maximum absolute atomic E-state index is 13.3. The normalized spacial score (nSPS) is 17.4. The van der Waals surface area contributed by atoms with Crippen LogP contribution in [0.4, 0.5) is 5.82 Å². The molecule has 5 rings (SSSR count). The van der Waals surface area contributed by atoms with Gasteiger partial charge in [0, 0.05) is 10.6 Å². The van der Waals surface area contributed by atoms with Crippen LogP contribution in [0.2, 0.25) is 5.02 Å². The molecule has 2 heterocycles. The third kappa shape index (κ3) is 3.65. The maximum atomic E-state index is 13.3. The molecule has 1 N–H and O–H groups in total. The van der Waals surface area contributed by atoms with Gasteiger partial charge in [-0.1, -0.05) is 35.0 Å². The van der Waals surface area contributed by atoms with Crippen molar-refractivity contribution in [2.75, 3.05) is 5.32 Å². The first-order chi connectivity index (χ1) is 15.7. The van der Waals surface area contributed by atoms with Crippen LogP contribution in [0.3, 0.4) is 0 Å². The van der Waals surface area contributed by atoms with Gasteiger partial charge in [0.25, 0.3) is 0 Å². The van der Waals surface area contributed by atoms with Gasteiger partial charge in [-0.15, -0.1) is 0 Å². The second kappa shape index (κ2) is 7.60. The number of hydrogen-bond donors (Lipinski definition) is 1. The van der Waals surface area contributed by atoms with E-state index in [2.05, 4.69) is 10.5 Å². The van der Waals surface area contributed by atoms with Gasteiger partial charge in [0.1, 0.15) is 11.8 Å². The lowest BCUT2D eigenvalue weighted by molar-refractivity contribution is -0.134. The van der Waals surface area contributed by atoms with Crippen LogP contribution in [0.5, 0.6) is 5.75 Å². The number of carbonyl (C=O) groups is 1. The minimum atomic E-state index is -3.79. The van der Waals surface area contributed by atoms with Crippen LogP contribution in [-0.4, -0.2) is 25.0 Å². The molecule has 168 valence electrons. The van der Waals surface area contributed by atoms with Gasteiger partial charge in [0.15, 0.2) is 17.0 Å². The number of sulfone groups is 1. The van der Waals surface area contributed by atoms with Crippen LogP contribution in [0.15, 0.2) is 81.0 Å². The standard InChI is InChI=1S/C24H19ClN2O5S/c1-24(2)22(28)21(26-23-18-12-14(25)8-10-20(18)32-27-23)17-13-16(9-11-19(17)31-24)33(29,30)15-6-4-3-5-7-15/h3-13,21H,1-2H3,(H,26,27)/t21-/m1/s1. The van der Waals surface area contributed by atoms with E-state index in [-0.39, 0.29) is 15.6 Å². The molecule has 9 heteroatoms. The summed E-state index contributed by atoms with van der Waals surface area (Å²) in [5.41, 5.74) is -0.238. The quantitative estimate of drug-likeness (QED) is 0.426. The number of anilines is 1. The Balaban J connectivity index is 1.62. The third-order valence-corrected chi connectivity index (χ3v) is 7.59. The van der Waals surface area contributed by atoms with Crippen LogP contribution < -0.4 is 10.1 Å². The zero-order valence-electron chi connectivity index (χ0n) is 17.7. The number of hydrogen-bond acceptors (Lipinski definition) is 7. The molecule has 0 saturated heterocycles. The summed E-state index contributed by atoms with van der Waals surface area (Å²) in [7, 11) is -3.79. The number of nitrogens with zero attached hydrogens (tertiary/aromatic N) is 1. The lowest BCUT2D eigenvalue weighted by Gasteiger charge is -2.36. The number of benzene rings is 3. The second-order valence-corrected chi connectivity index (χ2v) is 10.6. The Morgan fingerprint density at radius 2 is 1.76 bits per heavy atom. The fourth-order valence-electron chi connectivity index (χ4n) is 3.86. The topological polar surface area (TPSA) is 98.5 Å². The van der Waals surface area contributed by atoms with Gasteiger partial charge in [-0.25, -0.2) is 8.42 Å². The molecule has 7 nitrogen and oxygen atoms in total. The number of carbonyl (C=O) groups excluding carboxylic acids is 1. The van der Waals surface area contributed by atoms with E-state index in [1.165, 1.54) is 24.3 Å². The zero-order chi connectivity index (χ0) is 23.4. The van der Waals surface area contributed by atoms with Crippen molar-refractivity contribution in [3.63, 3.8) is 0 Å².